The van der Waals surface area contributed by atoms with Gasteiger partial charge in [0.15, 0.2) is 0 Å². The van der Waals surface area contributed by atoms with Crippen LogP contribution in [0.1, 0.15) is 37.0 Å². The first-order valence-corrected chi connectivity index (χ1v) is 7.34. The molecule has 1 saturated heterocycles. The van der Waals surface area contributed by atoms with E-state index in [0.29, 0.717) is 11.6 Å². The Hall–Kier alpha value is -1.88. The minimum Gasteiger partial charge on any atom is -0.497 e. The Kier molecular flexibility index (Phi) is 5.33. The molecule has 1 fully saturated rings. The normalized spacial score (nSPS) is 15.9. The molecule has 0 aliphatic carbocycles. The molecule has 5 heteroatoms. The van der Waals surface area contributed by atoms with Crippen molar-refractivity contribution in [1.29, 1.82) is 0 Å². The number of likely N-dealkylation sites (tertiary alicyclic amines) is 1. The van der Waals surface area contributed by atoms with Crippen molar-refractivity contribution in [2.24, 2.45) is 5.10 Å². The number of nitrogens with one attached hydrogen (secondary N) is 1. The van der Waals surface area contributed by atoms with E-state index < -0.39 is 0 Å². The van der Waals surface area contributed by atoms with E-state index in [0.717, 1.165) is 37.4 Å². The van der Waals surface area contributed by atoms with E-state index in [1.807, 2.05) is 0 Å². The Balaban J connectivity index is 1.87. The first kappa shape index (κ1) is 15.5. The summed E-state index contributed by atoms with van der Waals surface area (Å²) in [7, 11) is 1.60. The molecule has 0 bridgehead atoms. The third-order valence-electron chi connectivity index (χ3n) is 3.77. The number of methoxy groups -OCH3 is 1. The van der Waals surface area contributed by atoms with Gasteiger partial charge in [-0.15, -0.1) is 0 Å². The molecule has 1 heterocycles. The molecule has 21 heavy (non-hydrogen) atoms. The second-order valence-corrected chi connectivity index (χ2v) is 5.48. The van der Waals surface area contributed by atoms with Crippen LogP contribution in [0.5, 0.6) is 5.75 Å². The number of hydrazone groups is 1. The molecular weight excluding hydrogens is 266 g/mol. The van der Waals surface area contributed by atoms with Crippen molar-refractivity contribution < 1.29 is 9.53 Å². The van der Waals surface area contributed by atoms with Gasteiger partial charge in [0.05, 0.1) is 7.11 Å². The summed E-state index contributed by atoms with van der Waals surface area (Å²) >= 11 is 0. The van der Waals surface area contributed by atoms with Gasteiger partial charge in [0, 0.05) is 43.2 Å². The molecule has 0 unspecified atom stereocenters. The van der Waals surface area contributed by atoms with Crippen LogP contribution in [0.4, 0.5) is 0 Å². The zero-order valence-corrected chi connectivity index (χ0v) is 12.9. The molecule has 1 aromatic carbocycles. The molecule has 0 saturated carbocycles. The lowest BCUT2D eigenvalue weighted by Gasteiger charge is -2.30. The number of nitrogens with zero attached hydrogens (tertiary/aromatic N) is 2. The van der Waals surface area contributed by atoms with Gasteiger partial charge in [0.25, 0.3) is 5.91 Å². The maximum atomic E-state index is 12.0. The van der Waals surface area contributed by atoms with Gasteiger partial charge in [-0.05, 0) is 38.1 Å². The summed E-state index contributed by atoms with van der Waals surface area (Å²) < 4.78 is 5.07. The molecule has 0 aromatic heterocycles. The summed E-state index contributed by atoms with van der Waals surface area (Å²) in [6.45, 7) is 6.42. The van der Waals surface area contributed by atoms with Gasteiger partial charge < -0.3 is 9.64 Å². The number of carbonyl (C=O) groups is 1. The molecule has 0 spiro atoms. The average Bonchev–Trinajstić information content (AvgIpc) is 2.53. The average molecular weight is 289 g/mol. The van der Waals surface area contributed by atoms with Crippen molar-refractivity contribution in [3.63, 3.8) is 0 Å². The minimum atomic E-state index is -0.184. The van der Waals surface area contributed by atoms with Crippen LogP contribution in [0.15, 0.2) is 29.4 Å². The third kappa shape index (κ3) is 4.29. The SMILES string of the molecule is COc1ccc(C(=O)NN=C2CCN(C(C)C)CC2)cc1. The molecule has 1 amide bonds. The molecule has 2 rings (SSSR count). The van der Waals surface area contributed by atoms with Crippen LogP contribution in [-0.2, 0) is 0 Å². The smallest absolute Gasteiger partial charge is 0.271 e. The molecular formula is C16H23N3O2. The van der Waals surface area contributed by atoms with E-state index in [1.54, 1.807) is 31.4 Å². The highest BCUT2D eigenvalue weighted by Crippen LogP contribution is 2.12. The van der Waals surface area contributed by atoms with Crippen molar-refractivity contribution in [1.82, 2.24) is 10.3 Å². The minimum absolute atomic E-state index is 0.184. The Morgan fingerprint density at radius 2 is 1.86 bits per heavy atom. The number of ether oxygens (including phenoxy) is 1. The second kappa shape index (κ2) is 7.22. The zero-order chi connectivity index (χ0) is 15.2. The second-order valence-electron chi connectivity index (χ2n) is 5.48. The Morgan fingerprint density at radius 1 is 1.24 bits per heavy atom. The van der Waals surface area contributed by atoms with E-state index in [1.165, 1.54) is 0 Å². The van der Waals surface area contributed by atoms with Crippen LogP contribution >= 0.6 is 0 Å². The highest BCUT2D eigenvalue weighted by molar-refractivity contribution is 5.95. The number of benzene rings is 1. The predicted molar refractivity (Wildman–Crippen MR) is 83.8 cm³/mol. The van der Waals surface area contributed by atoms with Gasteiger partial charge in [-0.2, -0.15) is 5.10 Å². The highest BCUT2D eigenvalue weighted by Gasteiger charge is 2.17. The Bertz CT molecular complexity index is 499. The van der Waals surface area contributed by atoms with Crippen molar-refractivity contribution in [3.8, 4) is 5.75 Å². The number of rotatable bonds is 4. The van der Waals surface area contributed by atoms with Gasteiger partial charge >= 0.3 is 0 Å². The van der Waals surface area contributed by atoms with Crippen LogP contribution in [-0.4, -0.2) is 42.8 Å². The molecule has 1 aliphatic rings. The Labute approximate surface area is 126 Å². The van der Waals surface area contributed by atoms with E-state index in [9.17, 15) is 4.79 Å². The molecule has 1 aliphatic heterocycles. The van der Waals surface area contributed by atoms with Crippen LogP contribution in [0.2, 0.25) is 0 Å². The first-order chi connectivity index (χ1) is 10.1. The number of hydrogen-bond donors (Lipinski definition) is 1. The largest absolute Gasteiger partial charge is 0.497 e. The van der Waals surface area contributed by atoms with E-state index in [2.05, 4.69) is 29.3 Å². The maximum absolute atomic E-state index is 12.0. The fraction of sp³-hybridized carbons (Fsp3) is 0.500. The fourth-order valence-corrected chi connectivity index (χ4v) is 2.35. The monoisotopic (exact) mass is 289 g/mol. The topological polar surface area (TPSA) is 53.9 Å². The third-order valence-corrected chi connectivity index (χ3v) is 3.77. The summed E-state index contributed by atoms with van der Waals surface area (Å²) in [5, 5.41) is 4.26. The lowest BCUT2D eigenvalue weighted by atomic mass is 10.1. The molecule has 1 aromatic rings. The van der Waals surface area contributed by atoms with Gasteiger partial charge in [-0.25, -0.2) is 5.43 Å². The zero-order valence-electron chi connectivity index (χ0n) is 12.9. The lowest BCUT2D eigenvalue weighted by molar-refractivity contribution is 0.0954. The summed E-state index contributed by atoms with van der Waals surface area (Å²) in [6.07, 6.45) is 1.84. The fourth-order valence-electron chi connectivity index (χ4n) is 2.35. The predicted octanol–water partition coefficient (Wildman–Crippen LogP) is 2.29. The number of carbonyl (C=O) groups excluding carboxylic acids is 1. The summed E-state index contributed by atoms with van der Waals surface area (Å²) in [4.78, 5) is 14.4. The maximum Gasteiger partial charge on any atom is 0.271 e. The molecule has 1 N–H and O–H groups in total. The number of piperidine rings is 1. The van der Waals surface area contributed by atoms with E-state index >= 15 is 0 Å². The highest BCUT2D eigenvalue weighted by atomic mass is 16.5. The van der Waals surface area contributed by atoms with Gasteiger partial charge in [0.2, 0.25) is 0 Å². The first-order valence-electron chi connectivity index (χ1n) is 7.34. The van der Waals surface area contributed by atoms with E-state index in [-0.39, 0.29) is 5.91 Å². The van der Waals surface area contributed by atoms with Crippen LogP contribution < -0.4 is 10.2 Å². The van der Waals surface area contributed by atoms with Gasteiger partial charge in [-0.1, -0.05) is 0 Å². The van der Waals surface area contributed by atoms with Crippen molar-refractivity contribution in [3.05, 3.63) is 29.8 Å². The quantitative estimate of drug-likeness (QED) is 0.865. The summed E-state index contributed by atoms with van der Waals surface area (Å²) in [5.74, 6) is 0.551. The van der Waals surface area contributed by atoms with Gasteiger partial charge in [0.1, 0.15) is 5.75 Å². The molecule has 0 radical (unpaired) electrons. The van der Waals surface area contributed by atoms with Crippen LogP contribution in [0.25, 0.3) is 0 Å². The van der Waals surface area contributed by atoms with Crippen LogP contribution in [0.3, 0.4) is 0 Å². The van der Waals surface area contributed by atoms with Gasteiger partial charge in [-0.3, -0.25) is 4.79 Å². The van der Waals surface area contributed by atoms with Crippen molar-refractivity contribution >= 4 is 11.6 Å². The molecule has 0 atom stereocenters. The summed E-state index contributed by atoms with van der Waals surface area (Å²) in [6, 6.07) is 7.57. The van der Waals surface area contributed by atoms with E-state index in [4.69, 9.17) is 4.74 Å². The van der Waals surface area contributed by atoms with Crippen LogP contribution in [0, 0.1) is 0 Å². The molecule has 5 nitrogen and oxygen atoms in total. The standard InChI is InChI=1S/C16H23N3O2/c1-12(2)19-10-8-14(9-11-19)17-18-16(20)13-4-6-15(21-3)7-5-13/h4-7,12H,8-11H2,1-3H3,(H,18,20). The Morgan fingerprint density at radius 3 is 2.38 bits per heavy atom. The van der Waals surface area contributed by atoms with Crippen molar-refractivity contribution in [2.45, 2.75) is 32.7 Å². The summed E-state index contributed by atoms with van der Waals surface area (Å²) in [5.41, 5.74) is 4.29. The molecule has 114 valence electrons. The number of amides is 1. The number of hydrogen-bond acceptors (Lipinski definition) is 4. The lowest BCUT2D eigenvalue weighted by Crippen LogP contribution is -2.39. The van der Waals surface area contributed by atoms with Crippen molar-refractivity contribution in [2.75, 3.05) is 20.2 Å².